The first-order chi connectivity index (χ1) is 14.0. The van der Waals surface area contributed by atoms with Crippen molar-refractivity contribution < 1.29 is 14.4 Å². The second-order valence-corrected chi connectivity index (χ2v) is 7.50. The van der Waals surface area contributed by atoms with Gasteiger partial charge in [-0.15, -0.1) is 0 Å². The highest BCUT2D eigenvalue weighted by molar-refractivity contribution is 6.53. The Kier molecular flexibility index (Phi) is 5.11. The number of hydrogen-bond donors (Lipinski definition) is 1. The molecule has 1 fully saturated rings. The van der Waals surface area contributed by atoms with Crippen LogP contribution in [0, 0.1) is 6.92 Å². The van der Waals surface area contributed by atoms with Crippen molar-refractivity contribution in [3.8, 4) is 0 Å². The lowest BCUT2D eigenvalue weighted by Gasteiger charge is -2.18. The van der Waals surface area contributed by atoms with Gasteiger partial charge in [-0.25, -0.2) is 4.90 Å². The Morgan fingerprint density at radius 2 is 1.72 bits per heavy atom. The third kappa shape index (κ3) is 3.51. The molecule has 0 aliphatic carbocycles. The van der Waals surface area contributed by atoms with Gasteiger partial charge >= 0.3 is 0 Å². The average Bonchev–Trinajstić information content (AvgIpc) is 3.33. The van der Waals surface area contributed by atoms with Gasteiger partial charge in [0.1, 0.15) is 10.7 Å². The van der Waals surface area contributed by atoms with Crippen LogP contribution in [0.4, 0.5) is 11.4 Å². The molecule has 7 heteroatoms. The normalized spacial score (nSPS) is 16.8. The molecule has 3 amide bonds. The summed E-state index contributed by atoms with van der Waals surface area (Å²) in [6, 6.07) is 14.0. The maximum atomic E-state index is 12.9. The number of amides is 3. The van der Waals surface area contributed by atoms with Crippen molar-refractivity contribution in [1.29, 1.82) is 0 Å². The van der Waals surface area contributed by atoms with Crippen LogP contribution < -0.4 is 10.2 Å². The molecule has 0 aromatic heterocycles. The lowest BCUT2D eigenvalue weighted by atomic mass is 10.1. The zero-order valence-corrected chi connectivity index (χ0v) is 16.7. The number of aryl methyl sites for hydroxylation is 1. The highest BCUT2D eigenvalue weighted by Crippen LogP contribution is 2.32. The number of carbonyl (C=O) groups excluding carboxylic acids is 3. The van der Waals surface area contributed by atoms with Crippen LogP contribution in [0.1, 0.15) is 28.8 Å². The summed E-state index contributed by atoms with van der Waals surface area (Å²) in [4.78, 5) is 41.1. The fourth-order valence-electron chi connectivity index (χ4n) is 3.62. The van der Waals surface area contributed by atoms with Crippen molar-refractivity contribution in [3.63, 3.8) is 0 Å². The van der Waals surface area contributed by atoms with E-state index in [1.54, 1.807) is 36.4 Å². The van der Waals surface area contributed by atoms with Crippen LogP contribution in [-0.4, -0.2) is 35.7 Å². The molecule has 2 aliphatic heterocycles. The third-order valence-electron chi connectivity index (χ3n) is 5.16. The lowest BCUT2D eigenvalue weighted by molar-refractivity contribution is -0.120. The van der Waals surface area contributed by atoms with Gasteiger partial charge < -0.3 is 10.2 Å². The maximum absolute atomic E-state index is 12.9. The Bertz CT molecular complexity index is 1040. The summed E-state index contributed by atoms with van der Waals surface area (Å²) in [6.07, 6.45) is 2.02. The highest BCUT2D eigenvalue weighted by atomic mass is 35.5. The second kappa shape index (κ2) is 7.72. The van der Waals surface area contributed by atoms with E-state index < -0.39 is 11.8 Å². The molecule has 0 bridgehead atoms. The molecule has 0 unspecified atom stereocenters. The van der Waals surface area contributed by atoms with Crippen LogP contribution in [0.15, 0.2) is 59.3 Å². The Morgan fingerprint density at radius 1 is 1.00 bits per heavy atom. The lowest BCUT2D eigenvalue weighted by Crippen LogP contribution is -2.32. The number of likely N-dealkylation sites (tertiary alicyclic amines) is 1. The van der Waals surface area contributed by atoms with Crippen molar-refractivity contribution in [2.75, 3.05) is 23.3 Å². The van der Waals surface area contributed by atoms with E-state index >= 15 is 0 Å². The van der Waals surface area contributed by atoms with Crippen LogP contribution in [-0.2, 0) is 9.59 Å². The number of nitrogens with one attached hydrogen (secondary N) is 1. The zero-order valence-electron chi connectivity index (χ0n) is 15.9. The molecule has 1 N–H and O–H groups in total. The van der Waals surface area contributed by atoms with Gasteiger partial charge in [0.15, 0.2) is 0 Å². The Morgan fingerprint density at radius 3 is 2.45 bits per heavy atom. The largest absolute Gasteiger partial charge is 0.350 e. The Balaban J connectivity index is 1.59. The molecular formula is C22H20ClN3O3. The number of para-hydroxylation sites is 1. The molecule has 0 spiro atoms. The predicted octanol–water partition coefficient (Wildman–Crippen LogP) is 3.67. The van der Waals surface area contributed by atoms with E-state index in [0.29, 0.717) is 16.9 Å². The summed E-state index contributed by atoms with van der Waals surface area (Å²) in [5.41, 5.74) is 2.34. The Labute approximate surface area is 173 Å². The number of hydrogen-bond acceptors (Lipinski definition) is 4. The summed E-state index contributed by atoms with van der Waals surface area (Å²) < 4.78 is 0. The summed E-state index contributed by atoms with van der Waals surface area (Å²) in [6.45, 7) is 3.33. The van der Waals surface area contributed by atoms with Gasteiger partial charge in [-0.3, -0.25) is 14.4 Å². The van der Waals surface area contributed by atoms with Crippen LogP contribution in [0.25, 0.3) is 0 Å². The minimum absolute atomic E-state index is 0.00527. The van der Waals surface area contributed by atoms with Crippen molar-refractivity contribution in [3.05, 3.63) is 70.4 Å². The first-order valence-corrected chi connectivity index (χ1v) is 9.85. The van der Waals surface area contributed by atoms with E-state index in [0.717, 1.165) is 36.4 Å². The molecule has 4 rings (SSSR count). The quantitative estimate of drug-likeness (QED) is 0.782. The van der Waals surface area contributed by atoms with Crippen LogP contribution >= 0.6 is 11.6 Å². The summed E-state index contributed by atoms with van der Waals surface area (Å²) in [5.74, 6) is -1.13. The SMILES string of the molecule is Cc1ccccc1N1C(=O)C(Cl)=C(Nc2cccc(C(=O)N3CCCC3)c2)C1=O. The van der Waals surface area contributed by atoms with E-state index in [2.05, 4.69) is 5.32 Å². The van der Waals surface area contributed by atoms with E-state index in [1.807, 2.05) is 24.0 Å². The molecule has 2 aromatic carbocycles. The number of carbonyl (C=O) groups is 3. The standard InChI is InChI=1S/C22H20ClN3O3/c1-14-7-2-3-10-17(14)26-21(28)18(23)19(22(26)29)24-16-9-6-8-15(13-16)20(27)25-11-4-5-12-25/h2-3,6-10,13,24H,4-5,11-12H2,1H3. The molecule has 2 aliphatic rings. The molecule has 0 radical (unpaired) electrons. The van der Waals surface area contributed by atoms with Crippen molar-refractivity contribution in [2.24, 2.45) is 0 Å². The van der Waals surface area contributed by atoms with Gasteiger partial charge in [0.2, 0.25) is 0 Å². The average molecular weight is 410 g/mol. The van der Waals surface area contributed by atoms with Gasteiger partial charge in [0.25, 0.3) is 17.7 Å². The maximum Gasteiger partial charge on any atom is 0.283 e. The second-order valence-electron chi connectivity index (χ2n) is 7.13. The minimum Gasteiger partial charge on any atom is -0.350 e. The molecule has 2 heterocycles. The number of anilines is 2. The summed E-state index contributed by atoms with van der Waals surface area (Å²) >= 11 is 6.21. The van der Waals surface area contributed by atoms with E-state index in [4.69, 9.17) is 11.6 Å². The number of nitrogens with zero attached hydrogens (tertiary/aromatic N) is 2. The van der Waals surface area contributed by atoms with Gasteiger partial charge in [0, 0.05) is 24.3 Å². The monoisotopic (exact) mass is 409 g/mol. The van der Waals surface area contributed by atoms with Gasteiger partial charge in [-0.05, 0) is 49.6 Å². The predicted molar refractivity (Wildman–Crippen MR) is 112 cm³/mol. The fraction of sp³-hybridized carbons (Fsp3) is 0.227. The van der Waals surface area contributed by atoms with Crippen LogP contribution in [0.2, 0.25) is 0 Å². The molecule has 148 valence electrons. The minimum atomic E-state index is -0.572. The van der Waals surface area contributed by atoms with E-state index in [9.17, 15) is 14.4 Å². The highest BCUT2D eigenvalue weighted by Gasteiger charge is 2.39. The number of rotatable bonds is 4. The molecule has 0 saturated carbocycles. The van der Waals surface area contributed by atoms with Crippen molar-refractivity contribution >= 4 is 40.7 Å². The van der Waals surface area contributed by atoms with Crippen LogP contribution in [0.5, 0.6) is 0 Å². The third-order valence-corrected chi connectivity index (χ3v) is 5.51. The smallest absolute Gasteiger partial charge is 0.283 e. The number of benzene rings is 2. The first-order valence-electron chi connectivity index (χ1n) is 9.48. The molecule has 6 nitrogen and oxygen atoms in total. The van der Waals surface area contributed by atoms with Crippen molar-refractivity contribution in [2.45, 2.75) is 19.8 Å². The van der Waals surface area contributed by atoms with Gasteiger partial charge in [-0.2, -0.15) is 0 Å². The van der Waals surface area contributed by atoms with E-state index in [1.165, 1.54) is 0 Å². The Hall–Kier alpha value is -3.12. The van der Waals surface area contributed by atoms with Crippen LogP contribution in [0.3, 0.4) is 0 Å². The molecule has 0 atom stereocenters. The first kappa shape index (κ1) is 19.2. The van der Waals surface area contributed by atoms with Crippen molar-refractivity contribution in [1.82, 2.24) is 4.90 Å². The number of halogens is 1. The topological polar surface area (TPSA) is 69.7 Å². The van der Waals surface area contributed by atoms with Gasteiger partial charge in [-0.1, -0.05) is 35.9 Å². The molecule has 29 heavy (non-hydrogen) atoms. The summed E-state index contributed by atoms with van der Waals surface area (Å²) in [7, 11) is 0. The van der Waals surface area contributed by atoms with Gasteiger partial charge in [0.05, 0.1) is 5.69 Å². The fourth-order valence-corrected chi connectivity index (χ4v) is 3.83. The zero-order chi connectivity index (χ0) is 20.5. The molecular weight excluding hydrogens is 390 g/mol. The molecule has 2 aromatic rings. The number of imide groups is 1. The molecule has 1 saturated heterocycles. The summed E-state index contributed by atoms with van der Waals surface area (Å²) in [5, 5.41) is 2.77. The van der Waals surface area contributed by atoms with E-state index in [-0.39, 0.29) is 16.6 Å².